The fraction of sp³-hybridized carbons (Fsp3) is 0.231. The van der Waals surface area contributed by atoms with E-state index in [0.717, 1.165) is 22.5 Å². The minimum atomic E-state index is 0.102. The average Bonchev–Trinajstić information content (AvgIpc) is 2.85. The van der Waals surface area contributed by atoms with Crippen molar-refractivity contribution in [2.45, 2.75) is 19.9 Å². The number of fused-ring (bicyclic) bond motifs is 3. The van der Waals surface area contributed by atoms with Crippen LogP contribution in [-0.2, 0) is 11.3 Å². The van der Waals surface area contributed by atoms with Gasteiger partial charge in [0.25, 0.3) is 0 Å². The smallest absolute Gasteiger partial charge is 0.227 e. The van der Waals surface area contributed by atoms with E-state index in [9.17, 15) is 4.79 Å². The van der Waals surface area contributed by atoms with Crippen LogP contribution in [0.4, 0.5) is 5.69 Å². The third kappa shape index (κ3) is 1.61. The Morgan fingerprint density at radius 1 is 1.56 bits per heavy atom. The Morgan fingerprint density at radius 3 is 3.17 bits per heavy atom. The molecule has 92 valence electrons. The number of aromatic amines is 1. The number of halogens is 1. The van der Waals surface area contributed by atoms with E-state index < -0.39 is 0 Å². The third-order valence-electron chi connectivity index (χ3n) is 3.17. The molecule has 4 nitrogen and oxygen atoms in total. The molecule has 1 aliphatic rings. The van der Waals surface area contributed by atoms with Crippen LogP contribution in [0, 0.1) is 0 Å². The van der Waals surface area contributed by atoms with Gasteiger partial charge in [-0.1, -0.05) is 18.5 Å². The lowest BCUT2D eigenvalue weighted by molar-refractivity contribution is -0.118. The van der Waals surface area contributed by atoms with Gasteiger partial charge in [-0.15, -0.1) is 0 Å². The Balaban J connectivity index is 2.20. The highest BCUT2D eigenvalue weighted by molar-refractivity contribution is 6.31. The van der Waals surface area contributed by atoms with Crippen LogP contribution in [0.15, 0.2) is 24.4 Å². The van der Waals surface area contributed by atoms with Crippen molar-refractivity contribution >= 4 is 23.2 Å². The molecule has 1 N–H and O–H groups in total. The standard InChI is InChI=1S/C13H12ClN3O/c1-2-12(18)17-7-8-6-15-16-13(8)10-5-9(14)3-4-11(10)17/h3-6H,2,7H2,1H3,(H,15,16). The molecule has 0 saturated heterocycles. The molecule has 2 aromatic rings. The predicted molar refractivity (Wildman–Crippen MR) is 70.5 cm³/mol. The quantitative estimate of drug-likeness (QED) is 0.858. The number of carbonyl (C=O) groups is 1. The molecule has 0 bridgehead atoms. The summed E-state index contributed by atoms with van der Waals surface area (Å²) in [6, 6.07) is 5.55. The molecule has 18 heavy (non-hydrogen) atoms. The zero-order valence-corrected chi connectivity index (χ0v) is 10.7. The molecule has 1 aromatic carbocycles. The lowest BCUT2D eigenvalue weighted by atomic mass is 10.00. The van der Waals surface area contributed by atoms with Crippen molar-refractivity contribution in [2.75, 3.05) is 4.90 Å². The first-order chi connectivity index (χ1) is 8.70. The van der Waals surface area contributed by atoms with E-state index in [4.69, 9.17) is 11.6 Å². The van der Waals surface area contributed by atoms with Gasteiger partial charge >= 0.3 is 0 Å². The Hall–Kier alpha value is -1.81. The molecular formula is C13H12ClN3O. The van der Waals surface area contributed by atoms with Gasteiger partial charge in [-0.3, -0.25) is 9.89 Å². The van der Waals surface area contributed by atoms with Crippen LogP contribution in [0.25, 0.3) is 11.3 Å². The maximum absolute atomic E-state index is 12.0. The highest BCUT2D eigenvalue weighted by atomic mass is 35.5. The van der Waals surface area contributed by atoms with Crippen molar-refractivity contribution in [3.63, 3.8) is 0 Å². The molecule has 0 fully saturated rings. The number of rotatable bonds is 1. The molecule has 1 aromatic heterocycles. The number of H-pyrrole nitrogens is 1. The van der Waals surface area contributed by atoms with E-state index in [1.807, 2.05) is 19.1 Å². The number of aromatic nitrogens is 2. The van der Waals surface area contributed by atoms with E-state index in [2.05, 4.69) is 10.2 Å². The summed E-state index contributed by atoms with van der Waals surface area (Å²) < 4.78 is 0. The van der Waals surface area contributed by atoms with Crippen LogP contribution in [0.5, 0.6) is 0 Å². The monoisotopic (exact) mass is 261 g/mol. The second-order valence-electron chi connectivity index (χ2n) is 4.27. The number of nitrogens with one attached hydrogen (secondary N) is 1. The van der Waals surface area contributed by atoms with Gasteiger partial charge in [0, 0.05) is 22.6 Å². The number of nitrogens with zero attached hydrogens (tertiary/aromatic N) is 2. The van der Waals surface area contributed by atoms with E-state index >= 15 is 0 Å². The molecule has 0 spiro atoms. The molecule has 0 atom stereocenters. The SMILES string of the molecule is CCC(=O)N1Cc2cn[nH]c2-c2cc(Cl)ccc21. The Bertz CT molecular complexity index is 620. The fourth-order valence-electron chi connectivity index (χ4n) is 2.28. The van der Waals surface area contributed by atoms with E-state index in [1.165, 1.54) is 0 Å². The normalized spacial score (nSPS) is 13.1. The van der Waals surface area contributed by atoms with Crippen molar-refractivity contribution in [3.05, 3.63) is 35.0 Å². The summed E-state index contributed by atoms with van der Waals surface area (Å²) in [4.78, 5) is 13.8. The summed E-state index contributed by atoms with van der Waals surface area (Å²) >= 11 is 6.03. The van der Waals surface area contributed by atoms with Crippen molar-refractivity contribution in [1.82, 2.24) is 10.2 Å². The van der Waals surface area contributed by atoms with E-state index in [-0.39, 0.29) is 5.91 Å². The third-order valence-corrected chi connectivity index (χ3v) is 3.40. The Labute approximate surface area is 110 Å². The maximum atomic E-state index is 12.0. The van der Waals surface area contributed by atoms with Crippen LogP contribution in [0.3, 0.4) is 0 Å². The van der Waals surface area contributed by atoms with E-state index in [0.29, 0.717) is 18.0 Å². The molecule has 3 rings (SSSR count). The number of anilines is 1. The van der Waals surface area contributed by atoms with Crippen molar-refractivity contribution in [1.29, 1.82) is 0 Å². The molecule has 1 amide bonds. The summed E-state index contributed by atoms with van der Waals surface area (Å²) in [6.45, 7) is 2.43. The van der Waals surface area contributed by atoms with Gasteiger partial charge < -0.3 is 4.90 Å². The summed E-state index contributed by atoms with van der Waals surface area (Å²) in [5.74, 6) is 0.102. The molecule has 0 saturated carbocycles. The minimum absolute atomic E-state index is 0.102. The molecular weight excluding hydrogens is 250 g/mol. The van der Waals surface area contributed by atoms with Gasteiger partial charge in [0.2, 0.25) is 5.91 Å². The summed E-state index contributed by atoms with van der Waals surface area (Å²) in [5.41, 5.74) is 3.80. The first-order valence-corrected chi connectivity index (χ1v) is 6.21. The van der Waals surface area contributed by atoms with Crippen LogP contribution in [0.2, 0.25) is 5.02 Å². The number of carbonyl (C=O) groups excluding carboxylic acids is 1. The number of amides is 1. The average molecular weight is 262 g/mol. The summed E-state index contributed by atoms with van der Waals surface area (Å²) in [5, 5.41) is 7.67. The zero-order chi connectivity index (χ0) is 12.7. The molecule has 2 heterocycles. The van der Waals surface area contributed by atoms with Gasteiger partial charge in [0.1, 0.15) is 0 Å². The Morgan fingerprint density at radius 2 is 2.39 bits per heavy atom. The number of benzene rings is 1. The molecule has 0 aliphatic carbocycles. The fourth-order valence-corrected chi connectivity index (χ4v) is 2.45. The van der Waals surface area contributed by atoms with Gasteiger partial charge in [0.15, 0.2) is 0 Å². The lowest BCUT2D eigenvalue weighted by Crippen LogP contribution is -2.32. The van der Waals surface area contributed by atoms with E-state index in [1.54, 1.807) is 17.2 Å². The second-order valence-corrected chi connectivity index (χ2v) is 4.70. The molecule has 0 unspecified atom stereocenters. The largest absolute Gasteiger partial charge is 0.307 e. The van der Waals surface area contributed by atoms with Crippen molar-refractivity contribution in [2.24, 2.45) is 0 Å². The molecule has 5 heteroatoms. The first-order valence-electron chi connectivity index (χ1n) is 5.83. The van der Waals surface area contributed by atoms with Gasteiger partial charge in [-0.05, 0) is 18.2 Å². The van der Waals surface area contributed by atoms with Gasteiger partial charge in [0.05, 0.1) is 24.1 Å². The van der Waals surface area contributed by atoms with Crippen LogP contribution in [0.1, 0.15) is 18.9 Å². The van der Waals surface area contributed by atoms with Gasteiger partial charge in [-0.2, -0.15) is 5.10 Å². The molecule has 1 aliphatic heterocycles. The zero-order valence-electron chi connectivity index (χ0n) is 9.90. The van der Waals surface area contributed by atoms with Crippen molar-refractivity contribution < 1.29 is 4.79 Å². The number of hydrogen-bond donors (Lipinski definition) is 1. The number of hydrogen-bond acceptors (Lipinski definition) is 2. The minimum Gasteiger partial charge on any atom is -0.307 e. The Kier molecular flexibility index (Phi) is 2.59. The topological polar surface area (TPSA) is 49.0 Å². The predicted octanol–water partition coefficient (Wildman–Crippen LogP) is 2.99. The highest BCUT2D eigenvalue weighted by Crippen LogP contribution is 2.39. The van der Waals surface area contributed by atoms with Crippen molar-refractivity contribution in [3.8, 4) is 11.3 Å². The first kappa shape index (κ1) is 11.3. The summed E-state index contributed by atoms with van der Waals surface area (Å²) in [7, 11) is 0. The van der Waals surface area contributed by atoms with Crippen LogP contribution < -0.4 is 4.90 Å². The molecule has 0 radical (unpaired) electrons. The lowest BCUT2D eigenvalue weighted by Gasteiger charge is -2.29. The van der Waals surface area contributed by atoms with Crippen LogP contribution in [-0.4, -0.2) is 16.1 Å². The maximum Gasteiger partial charge on any atom is 0.227 e. The van der Waals surface area contributed by atoms with Gasteiger partial charge in [-0.25, -0.2) is 0 Å². The summed E-state index contributed by atoms with van der Waals surface area (Å²) in [6.07, 6.45) is 2.24. The second kappa shape index (κ2) is 4.14. The highest BCUT2D eigenvalue weighted by Gasteiger charge is 2.26. The van der Waals surface area contributed by atoms with Crippen LogP contribution >= 0.6 is 11.6 Å².